The summed E-state index contributed by atoms with van der Waals surface area (Å²) in [6.07, 6.45) is 1.03. The molecule has 0 saturated carbocycles. The van der Waals surface area contributed by atoms with Crippen molar-refractivity contribution in [1.82, 2.24) is 9.97 Å². The van der Waals surface area contributed by atoms with Gasteiger partial charge in [-0.05, 0) is 18.2 Å². The number of fused-ring (bicyclic) bond motifs is 1. The lowest BCUT2D eigenvalue weighted by Crippen LogP contribution is -2.22. The Kier molecular flexibility index (Phi) is 4.33. The average molecular weight is 322 g/mol. The van der Waals surface area contributed by atoms with E-state index in [1.165, 1.54) is 18.3 Å². The molecule has 3 aromatic rings. The molecule has 7 heteroatoms. The van der Waals surface area contributed by atoms with E-state index < -0.39 is 11.8 Å². The van der Waals surface area contributed by atoms with Crippen LogP contribution in [-0.2, 0) is 9.59 Å². The maximum absolute atomic E-state index is 11.9. The van der Waals surface area contributed by atoms with Gasteiger partial charge in [-0.25, -0.2) is 4.98 Å². The van der Waals surface area contributed by atoms with Crippen LogP contribution in [0.1, 0.15) is 6.42 Å². The van der Waals surface area contributed by atoms with E-state index in [4.69, 9.17) is 0 Å². The molecule has 24 heavy (non-hydrogen) atoms. The van der Waals surface area contributed by atoms with Gasteiger partial charge in [0.05, 0.1) is 5.52 Å². The SMILES string of the molecule is O=C(CC(=O)Nc1cc(=O)cc[nH]1)Nc1ccc2ccccc2n1. The minimum Gasteiger partial charge on any atom is -0.348 e. The van der Waals surface area contributed by atoms with Crippen LogP contribution >= 0.6 is 0 Å². The van der Waals surface area contributed by atoms with Crippen molar-refractivity contribution in [2.45, 2.75) is 6.42 Å². The summed E-state index contributed by atoms with van der Waals surface area (Å²) in [7, 11) is 0. The highest BCUT2D eigenvalue weighted by Crippen LogP contribution is 2.14. The van der Waals surface area contributed by atoms with Gasteiger partial charge in [-0.3, -0.25) is 14.4 Å². The Morgan fingerprint density at radius 1 is 1.00 bits per heavy atom. The van der Waals surface area contributed by atoms with Crippen LogP contribution in [0, 0.1) is 0 Å². The first-order chi connectivity index (χ1) is 11.6. The Bertz CT molecular complexity index is 965. The highest BCUT2D eigenvalue weighted by Gasteiger charge is 2.11. The van der Waals surface area contributed by atoms with Crippen LogP contribution in [-0.4, -0.2) is 21.8 Å². The molecule has 2 heterocycles. The van der Waals surface area contributed by atoms with Crippen LogP contribution in [0.4, 0.5) is 11.6 Å². The summed E-state index contributed by atoms with van der Waals surface area (Å²) in [5.41, 5.74) is 0.510. The number of anilines is 2. The number of carbonyl (C=O) groups is 2. The van der Waals surface area contributed by atoms with Gasteiger partial charge >= 0.3 is 0 Å². The minimum atomic E-state index is -0.532. The number of nitrogens with zero attached hydrogens (tertiary/aromatic N) is 1. The Morgan fingerprint density at radius 2 is 1.79 bits per heavy atom. The van der Waals surface area contributed by atoms with Crippen molar-refractivity contribution in [1.29, 1.82) is 0 Å². The van der Waals surface area contributed by atoms with Crippen molar-refractivity contribution in [3.8, 4) is 0 Å². The summed E-state index contributed by atoms with van der Waals surface area (Å²) in [6, 6.07) is 13.6. The number of aromatic amines is 1. The van der Waals surface area contributed by atoms with E-state index in [-0.39, 0.29) is 17.7 Å². The second-order valence-corrected chi connectivity index (χ2v) is 5.10. The molecule has 1 aromatic carbocycles. The van der Waals surface area contributed by atoms with Gasteiger partial charge in [-0.1, -0.05) is 18.2 Å². The second-order valence-electron chi connectivity index (χ2n) is 5.10. The molecule has 0 radical (unpaired) electrons. The molecule has 0 bridgehead atoms. The van der Waals surface area contributed by atoms with Crippen molar-refractivity contribution < 1.29 is 9.59 Å². The van der Waals surface area contributed by atoms with E-state index in [1.54, 1.807) is 6.07 Å². The third kappa shape index (κ3) is 3.83. The van der Waals surface area contributed by atoms with Gasteiger partial charge in [0, 0.05) is 23.7 Å². The van der Waals surface area contributed by atoms with Gasteiger partial charge in [0.15, 0.2) is 5.43 Å². The maximum Gasteiger partial charge on any atom is 0.234 e. The van der Waals surface area contributed by atoms with Crippen LogP contribution in [0.15, 0.2) is 59.5 Å². The van der Waals surface area contributed by atoms with Gasteiger partial charge in [-0.15, -0.1) is 0 Å². The lowest BCUT2D eigenvalue weighted by molar-refractivity contribution is -0.123. The van der Waals surface area contributed by atoms with E-state index >= 15 is 0 Å². The monoisotopic (exact) mass is 322 g/mol. The highest BCUT2D eigenvalue weighted by molar-refractivity contribution is 6.07. The topological polar surface area (TPSA) is 104 Å². The summed E-state index contributed by atoms with van der Waals surface area (Å²) < 4.78 is 0. The molecular formula is C17H14N4O3. The van der Waals surface area contributed by atoms with Crippen molar-refractivity contribution in [2.24, 2.45) is 0 Å². The molecule has 0 saturated heterocycles. The number of H-pyrrole nitrogens is 1. The fourth-order valence-corrected chi connectivity index (χ4v) is 2.18. The minimum absolute atomic E-state index is 0.240. The molecule has 0 fully saturated rings. The van der Waals surface area contributed by atoms with E-state index in [0.717, 1.165) is 10.9 Å². The molecule has 0 unspecified atom stereocenters. The fourth-order valence-electron chi connectivity index (χ4n) is 2.18. The standard InChI is InChI=1S/C17H14N4O3/c22-12-7-8-18-15(9-12)21-17(24)10-16(23)20-14-6-5-11-3-1-2-4-13(11)19-14/h1-9H,10H2,(H,19,20,23)(H2,18,21,22,24). The molecule has 3 rings (SSSR count). The number of nitrogens with one attached hydrogen (secondary N) is 3. The van der Waals surface area contributed by atoms with E-state index in [2.05, 4.69) is 20.6 Å². The number of para-hydroxylation sites is 1. The molecule has 0 aliphatic carbocycles. The lowest BCUT2D eigenvalue weighted by Gasteiger charge is -2.06. The van der Waals surface area contributed by atoms with Gasteiger partial charge in [-0.2, -0.15) is 0 Å². The Hall–Kier alpha value is -3.48. The molecule has 2 amide bonds. The number of hydrogen-bond acceptors (Lipinski definition) is 4. The Balaban J connectivity index is 1.61. The molecule has 2 aromatic heterocycles. The van der Waals surface area contributed by atoms with Crippen molar-refractivity contribution in [3.63, 3.8) is 0 Å². The first-order valence-corrected chi connectivity index (χ1v) is 7.24. The molecule has 3 N–H and O–H groups in total. The van der Waals surface area contributed by atoms with Crippen molar-refractivity contribution in [3.05, 3.63) is 65.0 Å². The smallest absolute Gasteiger partial charge is 0.234 e. The summed E-state index contributed by atoms with van der Waals surface area (Å²) >= 11 is 0. The first kappa shape index (κ1) is 15.4. The number of aromatic nitrogens is 2. The largest absolute Gasteiger partial charge is 0.348 e. The van der Waals surface area contributed by atoms with E-state index in [1.807, 2.05) is 30.3 Å². The van der Waals surface area contributed by atoms with Crippen LogP contribution < -0.4 is 16.1 Å². The van der Waals surface area contributed by atoms with Crippen LogP contribution in [0.3, 0.4) is 0 Å². The second kappa shape index (κ2) is 6.74. The van der Waals surface area contributed by atoms with Gasteiger partial charge in [0.2, 0.25) is 11.8 Å². The number of hydrogen-bond donors (Lipinski definition) is 3. The number of carbonyl (C=O) groups excluding carboxylic acids is 2. The first-order valence-electron chi connectivity index (χ1n) is 7.24. The number of rotatable bonds is 4. The number of benzene rings is 1. The zero-order valence-corrected chi connectivity index (χ0v) is 12.6. The van der Waals surface area contributed by atoms with E-state index in [0.29, 0.717) is 5.82 Å². The summed E-state index contributed by atoms with van der Waals surface area (Å²) in [4.78, 5) is 42.0. The molecule has 120 valence electrons. The van der Waals surface area contributed by atoms with E-state index in [9.17, 15) is 14.4 Å². The van der Waals surface area contributed by atoms with Crippen molar-refractivity contribution in [2.75, 3.05) is 10.6 Å². The summed E-state index contributed by atoms with van der Waals surface area (Å²) in [5, 5.41) is 5.99. The molecule has 7 nitrogen and oxygen atoms in total. The third-order valence-corrected chi connectivity index (χ3v) is 3.23. The predicted octanol–water partition coefficient (Wildman–Crippen LogP) is 1.89. The Labute approximate surface area is 136 Å². The van der Waals surface area contributed by atoms with Crippen LogP contribution in [0.25, 0.3) is 10.9 Å². The normalized spacial score (nSPS) is 10.3. The molecule has 0 spiro atoms. The maximum atomic E-state index is 11.9. The lowest BCUT2D eigenvalue weighted by atomic mass is 10.2. The fraction of sp³-hybridized carbons (Fsp3) is 0.0588. The zero-order chi connectivity index (χ0) is 16.9. The van der Waals surface area contributed by atoms with Gasteiger partial charge < -0.3 is 15.6 Å². The quantitative estimate of drug-likeness (QED) is 0.638. The third-order valence-electron chi connectivity index (χ3n) is 3.23. The number of pyridine rings is 2. The van der Waals surface area contributed by atoms with Crippen LogP contribution in [0.5, 0.6) is 0 Å². The van der Waals surface area contributed by atoms with Crippen molar-refractivity contribution >= 4 is 34.4 Å². The predicted molar refractivity (Wildman–Crippen MR) is 90.7 cm³/mol. The average Bonchev–Trinajstić information content (AvgIpc) is 2.54. The zero-order valence-electron chi connectivity index (χ0n) is 12.6. The summed E-state index contributed by atoms with van der Waals surface area (Å²) in [5.74, 6) is -0.410. The molecule has 0 atom stereocenters. The van der Waals surface area contributed by atoms with Crippen LogP contribution in [0.2, 0.25) is 0 Å². The highest BCUT2D eigenvalue weighted by atomic mass is 16.2. The Morgan fingerprint density at radius 3 is 2.62 bits per heavy atom. The molecule has 0 aliphatic heterocycles. The molecule has 0 aliphatic rings. The summed E-state index contributed by atoms with van der Waals surface area (Å²) in [6.45, 7) is 0. The van der Waals surface area contributed by atoms with Gasteiger partial charge in [0.1, 0.15) is 18.1 Å². The van der Waals surface area contributed by atoms with Gasteiger partial charge in [0.25, 0.3) is 0 Å². The molecular weight excluding hydrogens is 308 g/mol. The number of amides is 2.